The number of hydrogen-bond acceptors (Lipinski definition) is 3. The second-order valence-corrected chi connectivity index (χ2v) is 5.29. The number of hydrogen-bond donors (Lipinski definition) is 3. The molecule has 0 aromatic heterocycles. The molecule has 5 nitrogen and oxygen atoms in total. The van der Waals surface area contributed by atoms with Crippen molar-refractivity contribution in [2.24, 2.45) is 5.73 Å². The molecule has 4 N–H and O–H groups in total. The van der Waals surface area contributed by atoms with E-state index in [0.29, 0.717) is 11.7 Å². The highest BCUT2D eigenvalue weighted by Crippen LogP contribution is 2.23. The first-order valence-corrected chi connectivity index (χ1v) is 6.99. The summed E-state index contributed by atoms with van der Waals surface area (Å²) in [5, 5.41) is 6.03. The predicted molar refractivity (Wildman–Crippen MR) is 78.1 cm³/mol. The van der Waals surface area contributed by atoms with Gasteiger partial charge in [-0.15, -0.1) is 0 Å². The van der Waals surface area contributed by atoms with E-state index in [4.69, 9.17) is 5.73 Å². The molecule has 2 amide bonds. The van der Waals surface area contributed by atoms with Crippen molar-refractivity contribution in [1.29, 1.82) is 0 Å². The average Bonchev–Trinajstić information content (AvgIpc) is 2.89. The van der Waals surface area contributed by atoms with E-state index in [1.807, 2.05) is 12.1 Å². The predicted octanol–water partition coefficient (Wildman–Crippen LogP) is 1.70. The van der Waals surface area contributed by atoms with Gasteiger partial charge in [0, 0.05) is 18.7 Å². The van der Waals surface area contributed by atoms with Crippen LogP contribution in [0.2, 0.25) is 0 Å². The van der Waals surface area contributed by atoms with Crippen LogP contribution >= 0.6 is 0 Å². The third kappa shape index (κ3) is 3.81. The van der Waals surface area contributed by atoms with Crippen molar-refractivity contribution in [2.75, 3.05) is 5.32 Å². The summed E-state index contributed by atoms with van der Waals surface area (Å²) in [4.78, 5) is 22.6. The normalized spacial score (nSPS) is 16.9. The van der Waals surface area contributed by atoms with Gasteiger partial charge in [-0.1, -0.05) is 25.0 Å². The van der Waals surface area contributed by atoms with E-state index >= 15 is 0 Å². The molecule has 1 aromatic carbocycles. The number of nitrogens with one attached hydrogen (secondary N) is 2. The first-order valence-electron chi connectivity index (χ1n) is 6.99. The second kappa shape index (κ2) is 6.52. The highest BCUT2D eigenvalue weighted by Gasteiger charge is 2.23. The molecule has 1 aliphatic carbocycles. The highest BCUT2D eigenvalue weighted by atomic mass is 16.2. The second-order valence-electron chi connectivity index (χ2n) is 5.29. The van der Waals surface area contributed by atoms with Gasteiger partial charge in [-0.05, 0) is 30.5 Å². The maximum atomic E-state index is 11.6. The van der Waals surface area contributed by atoms with Gasteiger partial charge in [-0.25, -0.2) is 0 Å². The lowest BCUT2D eigenvalue weighted by molar-refractivity contribution is -0.120. The first-order chi connectivity index (χ1) is 9.56. The number of anilines is 1. The van der Waals surface area contributed by atoms with Crippen molar-refractivity contribution in [3.63, 3.8) is 0 Å². The Hall–Kier alpha value is -1.88. The van der Waals surface area contributed by atoms with Crippen LogP contribution in [0.3, 0.4) is 0 Å². The van der Waals surface area contributed by atoms with Crippen molar-refractivity contribution in [2.45, 2.75) is 44.7 Å². The minimum Gasteiger partial charge on any atom is -0.368 e. The largest absolute Gasteiger partial charge is 0.368 e. The van der Waals surface area contributed by atoms with Crippen LogP contribution in [0.4, 0.5) is 5.69 Å². The van der Waals surface area contributed by atoms with E-state index in [1.54, 1.807) is 12.1 Å². The Morgan fingerprint density at radius 3 is 2.30 bits per heavy atom. The van der Waals surface area contributed by atoms with Gasteiger partial charge in [0.2, 0.25) is 11.8 Å². The van der Waals surface area contributed by atoms with Crippen LogP contribution in [-0.2, 0) is 9.59 Å². The molecule has 0 saturated heterocycles. The smallest absolute Gasteiger partial charge is 0.239 e. The lowest BCUT2D eigenvalue weighted by Crippen LogP contribution is -2.38. The minimum absolute atomic E-state index is 0.117. The number of rotatable bonds is 5. The maximum Gasteiger partial charge on any atom is 0.239 e. The summed E-state index contributed by atoms with van der Waals surface area (Å²) < 4.78 is 0. The Balaban J connectivity index is 2.08. The summed E-state index contributed by atoms with van der Waals surface area (Å²) in [6.07, 6.45) is 4.58. The standard InChI is InChI=1S/C15H21N3O2/c1-10(19)17-13-8-6-11(7-9-13)14(15(16)20)18-12-4-2-3-5-12/h6-9,12,14,18H,2-5H2,1H3,(H2,16,20)(H,17,19). The van der Waals surface area contributed by atoms with Crippen LogP contribution in [-0.4, -0.2) is 17.9 Å². The van der Waals surface area contributed by atoms with Crippen molar-refractivity contribution in [1.82, 2.24) is 5.32 Å². The number of nitrogens with two attached hydrogens (primary N) is 1. The Morgan fingerprint density at radius 1 is 1.20 bits per heavy atom. The monoisotopic (exact) mass is 275 g/mol. The first kappa shape index (κ1) is 14.5. The molecule has 0 heterocycles. The van der Waals surface area contributed by atoms with Crippen LogP contribution in [0.15, 0.2) is 24.3 Å². The van der Waals surface area contributed by atoms with Crippen molar-refractivity contribution in [3.8, 4) is 0 Å². The number of primary amides is 1. The molecule has 1 aromatic rings. The Bertz CT molecular complexity index is 478. The van der Waals surface area contributed by atoms with Gasteiger partial charge in [0.15, 0.2) is 0 Å². The Kier molecular flexibility index (Phi) is 4.74. The van der Waals surface area contributed by atoms with Crippen LogP contribution in [0.1, 0.15) is 44.2 Å². The zero-order valence-corrected chi connectivity index (χ0v) is 11.7. The van der Waals surface area contributed by atoms with Crippen LogP contribution < -0.4 is 16.4 Å². The summed E-state index contributed by atoms with van der Waals surface area (Å²) >= 11 is 0. The molecule has 5 heteroatoms. The molecule has 1 saturated carbocycles. The molecule has 0 radical (unpaired) electrons. The molecule has 0 aliphatic heterocycles. The lowest BCUT2D eigenvalue weighted by Gasteiger charge is -2.20. The number of benzene rings is 1. The number of carbonyl (C=O) groups excluding carboxylic acids is 2. The Morgan fingerprint density at radius 2 is 1.80 bits per heavy atom. The highest BCUT2D eigenvalue weighted by molar-refractivity contribution is 5.88. The molecule has 20 heavy (non-hydrogen) atoms. The van der Waals surface area contributed by atoms with Gasteiger partial charge in [-0.2, -0.15) is 0 Å². The fraction of sp³-hybridized carbons (Fsp3) is 0.467. The van der Waals surface area contributed by atoms with E-state index in [2.05, 4.69) is 10.6 Å². The van der Waals surface area contributed by atoms with Crippen LogP contribution in [0.5, 0.6) is 0 Å². The van der Waals surface area contributed by atoms with Gasteiger partial charge in [0.25, 0.3) is 0 Å². The summed E-state index contributed by atoms with van der Waals surface area (Å²) in [6, 6.07) is 7.10. The third-order valence-electron chi connectivity index (χ3n) is 3.61. The van der Waals surface area contributed by atoms with Gasteiger partial charge >= 0.3 is 0 Å². The van der Waals surface area contributed by atoms with Crippen LogP contribution in [0, 0.1) is 0 Å². The molecule has 1 fully saturated rings. The molecule has 108 valence electrons. The van der Waals surface area contributed by atoms with Crippen molar-refractivity contribution >= 4 is 17.5 Å². The van der Waals surface area contributed by atoms with Crippen LogP contribution in [0.25, 0.3) is 0 Å². The summed E-state index contributed by atoms with van der Waals surface area (Å²) in [5.41, 5.74) is 7.04. The number of carbonyl (C=O) groups is 2. The molecule has 1 unspecified atom stereocenters. The van der Waals surface area contributed by atoms with Gasteiger partial charge in [0.1, 0.15) is 6.04 Å². The van der Waals surface area contributed by atoms with E-state index in [0.717, 1.165) is 18.4 Å². The maximum absolute atomic E-state index is 11.6. The van der Waals surface area contributed by atoms with E-state index in [-0.39, 0.29) is 11.8 Å². The summed E-state index contributed by atoms with van der Waals surface area (Å²) in [5.74, 6) is -0.488. The van der Waals surface area contributed by atoms with E-state index in [9.17, 15) is 9.59 Å². The zero-order valence-electron chi connectivity index (χ0n) is 11.7. The van der Waals surface area contributed by atoms with Gasteiger partial charge in [0.05, 0.1) is 0 Å². The van der Waals surface area contributed by atoms with Gasteiger partial charge in [-0.3, -0.25) is 14.9 Å². The summed E-state index contributed by atoms with van der Waals surface area (Å²) in [6.45, 7) is 1.46. The molecule has 1 aliphatic rings. The quantitative estimate of drug-likeness (QED) is 0.764. The molecule has 2 rings (SSSR count). The molecular formula is C15H21N3O2. The average molecular weight is 275 g/mol. The third-order valence-corrected chi connectivity index (χ3v) is 3.61. The fourth-order valence-electron chi connectivity index (χ4n) is 2.63. The Labute approximate surface area is 118 Å². The van der Waals surface area contributed by atoms with E-state index < -0.39 is 6.04 Å². The lowest BCUT2D eigenvalue weighted by atomic mass is 10.0. The van der Waals surface area contributed by atoms with Crippen molar-refractivity contribution in [3.05, 3.63) is 29.8 Å². The SMILES string of the molecule is CC(=O)Nc1ccc(C(NC2CCCC2)C(N)=O)cc1. The summed E-state index contributed by atoms with van der Waals surface area (Å²) in [7, 11) is 0. The van der Waals surface area contributed by atoms with Gasteiger partial charge < -0.3 is 11.1 Å². The van der Waals surface area contributed by atoms with Crippen molar-refractivity contribution < 1.29 is 9.59 Å². The topological polar surface area (TPSA) is 84.2 Å². The molecule has 0 bridgehead atoms. The minimum atomic E-state index is -0.468. The zero-order chi connectivity index (χ0) is 14.5. The number of amides is 2. The molecule has 1 atom stereocenters. The molecular weight excluding hydrogens is 254 g/mol. The fourth-order valence-corrected chi connectivity index (χ4v) is 2.63. The van der Waals surface area contributed by atoms with E-state index in [1.165, 1.54) is 19.8 Å². The molecule has 0 spiro atoms.